The van der Waals surface area contributed by atoms with Crippen molar-refractivity contribution < 1.29 is 9.18 Å². The topological polar surface area (TPSA) is 42.0 Å². The van der Waals surface area contributed by atoms with Crippen LogP contribution in [-0.4, -0.2) is 17.4 Å². The van der Waals surface area contributed by atoms with Gasteiger partial charge in [0, 0.05) is 29.9 Å². The summed E-state index contributed by atoms with van der Waals surface area (Å²) < 4.78 is 13.0. The molecule has 1 aromatic heterocycles. The first-order valence-electron chi connectivity index (χ1n) is 8.79. The molecule has 0 aliphatic rings. The van der Waals surface area contributed by atoms with Crippen molar-refractivity contribution in [2.24, 2.45) is 0 Å². The molecule has 0 radical (unpaired) electrons. The summed E-state index contributed by atoms with van der Waals surface area (Å²) in [6.07, 6.45) is 2.87. The quantitative estimate of drug-likeness (QED) is 0.650. The first-order valence-corrected chi connectivity index (χ1v) is 9.17. The smallest absolute Gasteiger partial charge is 0.227 e. The molecule has 1 amide bonds. The Morgan fingerprint density at radius 2 is 1.78 bits per heavy atom. The molecule has 0 bridgehead atoms. The van der Waals surface area contributed by atoms with Crippen molar-refractivity contribution in [3.63, 3.8) is 0 Å². The van der Waals surface area contributed by atoms with Crippen LogP contribution in [0.5, 0.6) is 0 Å². The van der Waals surface area contributed by atoms with Crippen molar-refractivity contribution in [3.05, 3.63) is 101 Å². The van der Waals surface area contributed by atoms with E-state index < -0.39 is 0 Å². The zero-order valence-electron chi connectivity index (χ0n) is 14.7. The van der Waals surface area contributed by atoms with Crippen LogP contribution in [0, 0.1) is 5.82 Å². The molecule has 138 valence electrons. The average molecular weight is 383 g/mol. The monoisotopic (exact) mass is 382 g/mol. The lowest BCUT2D eigenvalue weighted by Gasteiger charge is -2.17. The fourth-order valence-corrected chi connectivity index (χ4v) is 3.02. The molecular weight excluding hydrogens is 363 g/mol. The Morgan fingerprint density at radius 3 is 2.44 bits per heavy atom. The van der Waals surface area contributed by atoms with Crippen LogP contribution in [0.15, 0.2) is 72.9 Å². The van der Waals surface area contributed by atoms with Crippen molar-refractivity contribution in [2.45, 2.75) is 18.8 Å². The van der Waals surface area contributed by atoms with Crippen LogP contribution in [0.4, 0.5) is 4.39 Å². The van der Waals surface area contributed by atoms with E-state index in [0.717, 1.165) is 16.8 Å². The summed E-state index contributed by atoms with van der Waals surface area (Å²) in [6.45, 7) is 0.483. The van der Waals surface area contributed by atoms with E-state index in [1.54, 1.807) is 30.5 Å². The molecule has 1 unspecified atom stereocenters. The highest BCUT2D eigenvalue weighted by molar-refractivity contribution is 6.30. The fourth-order valence-electron chi connectivity index (χ4n) is 2.89. The second-order valence-electron chi connectivity index (χ2n) is 6.30. The normalized spacial score (nSPS) is 11.8. The van der Waals surface area contributed by atoms with Crippen molar-refractivity contribution in [3.8, 4) is 0 Å². The number of hydrogen-bond acceptors (Lipinski definition) is 2. The molecule has 3 rings (SSSR count). The molecule has 0 aliphatic heterocycles. The number of carbonyl (C=O) groups is 1. The SMILES string of the molecule is O=C(NCCc1ccc(F)cc1)C(Cc1ccccn1)c1ccc(Cl)cc1. The van der Waals surface area contributed by atoms with E-state index in [2.05, 4.69) is 10.3 Å². The van der Waals surface area contributed by atoms with E-state index in [1.807, 2.05) is 30.3 Å². The summed E-state index contributed by atoms with van der Waals surface area (Å²) in [5.74, 6) is -0.684. The highest BCUT2D eigenvalue weighted by Gasteiger charge is 2.21. The minimum absolute atomic E-state index is 0.0647. The molecule has 0 aliphatic carbocycles. The summed E-state index contributed by atoms with van der Waals surface area (Å²) in [6, 6.07) is 19.3. The highest BCUT2D eigenvalue weighted by atomic mass is 35.5. The standard InChI is InChI=1S/C22H20ClFN2O/c23-18-8-6-17(7-9-18)21(15-20-3-1-2-13-25-20)22(27)26-14-12-16-4-10-19(24)11-5-16/h1-11,13,21H,12,14-15H2,(H,26,27). The second-order valence-corrected chi connectivity index (χ2v) is 6.73. The van der Waals surface area contributed by atoms with Crippen molar-refractivity contribution >= 4 is 17.5 Å². The molecule has 3 nitrogen and oxygen atoms in total. The van der Waals surface area contributed by atoms with Crippen molar-refractivity contribution in [2.75, 3.05) is 6.54 Å². The molecule has 0 saturated carbocycles. The van der Waals surface area contributed by atoms with Crippen molar-refractivity contribution in [1.29, 1.82) is 0 Å². The summed E-state index contributed by atoms with van der Waals surface area (Å²) in [5.41, 5.74) is 2.72. The average Bonchev–Trinajstić information content (AvgIpc) is 2.69. The predicted octanol–water partition coefficient (Wildman–Crippen LogP) is 4.56. The molecular formula is C22H20ClFN2O. The third-order valence-electron chi connectivity index (χ3n) is 4.35. The van der Waals surface area contributed by atoms with E-state index in [-0.39, 0.29) is 17.6 Å². The van der Waals surface area contributed by atoms with Crippen LogP contribution in [0.25, 0.3) is 0 Å². The van der Waals surface area contributed by atoms with Crippen LogP contribution in [0.1, 0.15) is 22.7 Å². The van der Waals surface area contributed by atoms with Gasteiger partial charge in [-0.05, 0) is 53.9 Å². The van der Waals surface area contributed by atoms with Gasteiger partial charge in [-0.15, -0.1) is 0 Å². The number of hydrogen-bond donors (Lipinski definition) is 1. The minimum Gasteiger partial charge on any atom is -0.355 e. The number of amides is 1. The summed E-state index contributed by atoms with van der Waals surface area (Å²) >= 11 is 5.98. The van der Waals surface area contributed by atoms with E-state index in [9.17, 15) is 9.18 Å². The maximum Gasteiger partial charge on any atom is 0.227 e. The molecule has 3 aromatic rings. The number of nitrogens with one attached hydrogen (secondary N) is 1. The summed E-state index contributed by atoms with van der Waals surface area (Å²) in [4.78, 5) is 17.2. The Bertz CT molecular complexity index is 867. The first-order chi connectivity index (χ1) is 13.1. The molecule has 1 heterocycles. The number of nitrogens with zero attached hydrogens (tertiary/aromatic N) is 1. The zero-order valence-corrected chi connectivity index (χ0v) is 15.5. The van der Waals surface area contributed by atoms with Gasteiger partial charge in [0.1, 0.15) is 5.82 Å². The van der Waals surface area contributed by atoms with Gasteiger partial charge in [-0.25, -0.2) is 4.39 Å². The van der Waals surface area contributed by atoms with Gasteiger partial charge in [-0.2, -0.15) is 0 Å². The second kappa shape index (κ2) is 9.28. The Kier molecular flexibility index (Phi) is 6.55. The maximum absolute atomic E-state index is 13.0. The third kappa shape index (κ3) is 5.63. The number of rotatable bonds is 7. The number of carbonyl (C=O) groups excluding carboxylic acids is 1. The van der Waals surface area contributed by atoms with Gasteiger partial charge in [0.05, 0.1) is 5.92 Å². The van der Waals surface area contributed by atoms with Gasteiger partial charge >= 0.3 is 0 Å². The van der Waals surface area contributed by atoms with Crippen LogP contribution < -0.4 is 5.32 Å². The van der Waals surface area contributed by atoms with Crippen LogP contribution >= 0.6 is 11.6 Å². The molecule has 0 spiro atoms. The lowest BCUT2D eigenvalue weighted by Crippen LogP contribution is -2.32. The first kappa shape index (κ1) is 19.1. The molecule has 1 N–H and O–H groups in total. The Morgan fingerprint density at radius 1 is 1.04 bits per heavy atom. The van der Waals surface area contributed by atoms with E-state index in [0.29, 0.717) is 24.4 Å². The van der Waals surface area contributed by atoms with E-state index >= 15 is 0 Å². The van der Waals surface area contributed by atoms with Gasteiger partial charge in [0.2, 0.25) is 5.91 Å². The Balaban J connectivity index is 1.68. The van der Waals surface area contributed by atoms with E-state index in [4.69, 9.17) is 11.6 Å². The lowest BCUT2D eigenvalue weighted by molar-refractivity contribution is -0.122. The highest BCUT2D eigenvalue weighted by Crippen LogP contribution is 2.22. The number of pyridine rings is 1. The predicted molar refractivity (Wildman–Crippen MR) is 105 cm³/mol. The van der Waals surface area contributed by atoms with Crippen LogP contribution in [0.3, 0.4) is 0 Å². The Hall–Kier alpha value is -2.72. The van der Waals surface area contributed by atoms with Gasteiger partial charge in [0.25, 0.3) is 0 Å². The minimum atomic E-state index is -0.356. The van der Waals surface area contributed by atoms with Gasteiger partial charge in [0.15, 0.2) is 0 Å². The summed E-state index contributed by atoms with van der Waals surface area (Å²) in [7, 11) is 0. The molecule has 2 aromatic carbocycles. The Labute approximate surface area is 163 Å². The summed E-state index contributed by atoms with van der Waals surface area (Å²) in [5, 5.41) is 3.62. The lowest BCUT2D eigenvalue weighted by atomic mass is 9.93. The van der Waals surface area contributed by atoms with Crippen LogP contribution in [0.2, 0.25) is 5.02 Å². The molecule has 0 saturated heterocycles. The largest absolute Gasteiger partial charge is 0.355 e. The van der Waals surface area contributed by atoms with E-state index in [1.165, 1.54) is 12.1 Å². The molecule has 5 heteroatoms. The molecule has 27 heavy (non-hydrogen) atoms. The maximum atomic E-state index is 13.0. The number of benzene rings is 2. The third-order valence-corrected chi connectivity index (χ3v) is 4.61. The number of aromatic nitrogens is 1. The molecule has 1 atom stereocenters. The van der Waals surface area contributed by atoms with Gasteiger partial charge < -0.3 is 5.32 Å². The number of halogens is 2. The van der Waals surface area contributed by atoms with Gasteiger partial charge in [-0.3, -0.25) is 9.78 Å². The van der Waals surface area contributed by atoms with Crippen LogP contribution in [-0.2, 0) is 17.6 Å². The molecule has 0 fully saturated rings. The zero-order chi connectivity index (χ0) is 19.1. The van der Waals surface area contributed by atoms with Gasteiger partial charge in [-0.1, -0.05) is 41.9 Å². The fraction of sp³-hybridized carbons (Fsp3) is 0.182. The van der Waals surface area contributed by atoms with Crippen molar-refractivity contribution in [1.82, 2.24) is 10.3 Å².